The largest absolute Gasteiger partial charge is 0.430 e. The zero-order chi connectivity index (χ0) is 9.28. The summed E-state index contributed by atoms with van der Waals surface area (Å²) in [6.07, 6.45) is -13.8. The molecule has 0 spiro atoms. The second kappa shape index (κ2) is 2.88. The first kappa shape index (κ1) is 10.5. The molecule has 11 heavy (non-hydrogen) atoms. The van der Waals surface area contributed by atoms with Gasteiger partial charge in [0.25, 0.3) is 0 Å². The SMILES string of the molecule is CO[C](C(F)(F)F)C(F)(F)F. The summed E-state index contributed by atoms with van der Waals surface area (Å²) in [6.45, 7) is 0. The van der Waals surface area contributed by atoms with E-state index in [2.05, 4.69) is 4.74 Å². The van der Waals surface area contributed by atoms with Crippen LogP contribution in [0.25, 0.3) is 0 Å². The quantitative estimate of drug-likeness (QED) is 0.564. The molecule has 0 fully saturated rings. The average molecular weight is 181 g/mol. The topological polar surface area (TPSA) is 9.23 Å². The van der Waals surface area contributed by atoms with Crippen molar-refractivity contribution in [3.8, 4) is 0 Å². The summed E-state index contributed by atoms with van der Waals surface area (Å²) in [6, 6.07) is 0. The molecule has 0 aromatic rings. The van der Waals surface area contributed by atoms with E-state index in [1.54, 1.807) is 0 Å². The summed E-state index contributed by atoms with van der Waals surface area (Å²) < 4.78 is 71.2. The van der Waals surface area contributed by atoms with Gasteiger partial charge in [-0.1, -0.05) is 0 Å². The molecule has 0 aliphatic carbocycles. The van der Waals surface area contributed by atoms with Crippen molar-refractivity contribution in [2.45, 2.75) is 12.4 Å². The molecule has 0 amide bonds. The summed E-state index contributed by atoms with van der Waals surface area (Å²) in [5, 5.41) is 0. The molecule has 0 saturated heterocycles. The van der Waals surface area contributed by atoms with Crippen molar-refractivity contribution in [2.75, 3.05) is 7.11 Å². The van der Waals surface area contributed by atoms with Crippen LogP contribution in [0.5, 0.6) is 0 Å². The fourth-order valence-electron chi connectivity index (χ4n) is 0.392. The first-order valence-electron chi connectivity index (χ1n) is 2.25. The third kappa shape index (κ3) is 2.96. The Bertz CT molecular complexity index is 110. The number of halogens is 6. The molecule has 0 aliphatic rings. The van der Waals surface area contributed by atoms with E-state index in [9.17, 15) is 26.3 Å². The zero-order valence-electron chi connectivity index (χ0n) is 5.18. The van der Waals surface area contributed by atoms with Crippen LogP contribution in [-0.4, -0.2) is 19.5 Å². The van der Waals surface area contributed by atoms with Gasteiger partial charge in [0.15, 0.2) is 0 Å². The van der Waals surface area contributed by atoms with Crippen LogP contribution in [0.15, 0.2) is 0 Å². The second-order valence-corrected chi connectivity index (χ2v) is 1.53. The Balaban J connectivity index is 4.43. The molecule has 0 aliphatic heterocycles. The predicted octanol–water partition coefficient (Wildman–Crippen LogP) is 2.29. The van der Waals surface area contributed by atoms with Gasteiger partial charge in [-0.2, -0.15) is 26.3 Å². The van der Waals surface area contributed by atoms with Gasteiger partial charge in [-0.3, -0.25) is 0 Å². The van der Waals surface area contributed by atoms with Gasteiger partial charge in [0.05, 0.1) is 0 Å². The Hall–Kier alpha value is -0.460. The van der Waals surface area contributed by atoms with Crippen molar-refractivity contribution < 1.29 is 31.1 Å². The molecule has 0 rings (SSSR count). The number of ether oxygens (including phenoxy) is 1. The fourth-order valence-corrected chi connectivity index (χ4v) is 0.392. The Kier molecular flexibility index (Phi) is 2.76. The molecule has 0 atom stereocenters. The van der Waals surface area contributed by atoms with Crippen molar-refractivity contribution >= 4 is 0 Å². The smallest absolute Gasteiger partial charge is 0.359 e. The minimum atomic E-state index is -5.48. The molecular formula is C4H3F6O. The van der Waals surface area contributed by atoms with E-state index in [-0.39, 0.29) is 0 Å². The van der Waals surface area contributed by atoms with Crippen LogP contribution in [-0.2, 0) is 4.74 Å². The standard InChI is InChI=1S/C4H3F6O/c1-11-2(3(5,6)7)4(8,9)10/h1H3. The first-order valence-corrected chi connectivity index (χ1v) is 2.25. The molecule has 0 aromatic heterocycles. The zero-order valence-corrected chi connectivity index (χ0v) is 5.18. The van der Waals surface area contributed by atoms with E-state index in [1.807, 2.05) is 0 Å². The summed E-state index contributed by atoms with van der Waals surface area (Å²) in [5.74, 6) is 0. The number of alkyl halides is 6. The van der Waals surface area contributed by atoms with E-state index in [0.717, 1.165) is 0 Å². The molecule has 0 saturated carbocycles. The van der Waals surface area contributed by atoms with Crippen molar-refractivity contribution in [1.82, 2.24) is 0 Å². The molecular weight excluding hydrogens is 178 g/mol. The minimum absolute atomic E-state index is 0.316. The summed E-state index contributed by atoms with van der Waals surface area (Å²) in [5.41, 5.74) is 0. The Labute approximate surface area is 57.9 Å². The van der Waals surface area contributed by atoms with E-state index in [1.165, 1.54) is 0 Å². The summed E-state index contributed by atoms with van der Waals surface area (Å²) >= 11 is 0. The minimum Gasteiger partial charge on any atom is -0.359 e. The highest BCUT2D eigenvalue weighted by Crippen LogP contribution is 2.41. The van der Waals surface area contributed by atoms with E-state index < -0.39 is 18.5 Å². The number of rotatable bonds is 1. The summed E-state index contributed by atoms with van der Waals surface area (Å²) in [4.78, 5) is 0. The monoisotopic (exact) mass is 181 g/mol. The van der Waals surface area contributed by atoms with Gasteiger partial charge in [-0.05, 0) is 0 Å². The van der Waals surface area contributed by atoms with Crippen LogP contribution >= 0.6 is 0 Å². The maximum Gasteiger partial charge on any atom is 0.430 e. The Morgan fingerprint density at radius 1 is 0.909 bits per heavy atom. The lowest BCUT2D eigenvalue weighted by molar-refractivity contribution is -0.257. The van der Waals surface area contributed by atoms with Crippen molar-refractivity contribution in [1.29, 1.82) is 0 Å². The molecule has 1 radical (unpaired) electrons. The highest BCUT2D eigenvalue weighted by Gasteiger charge is 2.59. The van der Waals surface area contributed by atoms with Crippen LogP contribution < -0.4 is 0 Å². The van der Waals surface area contributed by atoms with Gasteiger partial charge in [-0.15, -0.1) is 0 Å². The average Bonchev–Trinajstić information content (AvgIpc) is 1.56. The number of methoxy groups -OCH3 is 1. The van der Waals surface area contributed by atoms with Crippen LogP contribution in [0, 0.1) is 6.10 Å². The Morgan fingerprint density at radius 2 is 1.18 bits per heavy atom. The van der Waals surface area contributed by atoms with Crippen LogP contribution in [0.1, 0.15) is 0 Å². The highest BCUT2D eigenvalue weighted by atomic mass is 19.4. The van der Waals surface area contributed by atoms with Gasteiger partial charge >= 0.3 is 18.5 Å². The van der Waals surface area contributed by atoms with Crippen molar-refractivity contribution in [3.63, 3.8) is 0 Å². The molecule has 67 valence electrons. The highest BCUT2D eigenvalue weighted by molar-refractivity contribution is 4.94. The van der Waals surface area contributed by atoms with E-state index >= 15 is 0 Å². The van der Waals surface area contributed by atoms with Gasteiger partial charge < -0.3 is 4.74 Å². The third-order valence-electron chi connectivity index (χ3n) is 0.719. The first-order chi connectivity index (χ1) is 4.69. The lowest BCUT2D eigenvalue weighted by atomic mass is 10.3. The molecule has 0 unspecified atom stereocenters. The van der Waals surface area contributed by atoms with Gasteiger partial charge in [-0.25, -0.2) is 0 Å². The predicted molar refractivity (Wildman–Crippen MR) is 22.4 cm³/mol. The molecule has 0 aromatic carbocycles. The third-order valence-corrected chi connectivity index (χ3v) is 0.719. The Morgan fingerprint density at radius 3 is 1.18 bits per heavy atom. The second-order valence-electron chi connectivity index (χ2n) is 1.53. The van der Waals surface area contributed by atoms with Gasteiger partial charge in [0, 0.05) is 7.11 Å². The van der Waals surface area contributed by atoms with Crippen molar-refractivity contribution in [2.24, 2.45) is 0 Å². The lowest BCUT2D eigenvalue weighted by Crippen LogP contribution is -2.35. The normalized spacial score (nSPS) is 14.2. The maximum absolute atomic E-state index is 11.3. The van der Waals surface area contributed by atoms with Crippen LogP contribution in [0.3, 0.4) is 0 Å². The molecule has 0 N–H and O–H groups in total. The maximum atomic E-state index is 11.3. The fraction of sp³-hybridized carbons (Fsp3) is 0.750. The van der Waals surface area contributed by atoms with Crippen LogP contribution in [0.2, 0.25) is 0 Å². The van der Waals surface area contributed by atoms with E-state index in [0.29, 0.717) is 7.11 Å². The molecule has 1 nitrogen and oxygen atoms in total. The van der Waals surface area contributed by atoms with Gasteiger partial charge in [0.1, 0.15) is 0 Å². The molecule has 7 heteroatoms. The van der Waals surface area contributed by atoms with Gasteiger partial charge in [0.2, 0.25) is 0 Å². The number of hydrogen-bond acceptors (Lipinski definition) is 1. The summed E-state index contributed by atoms with van der Waals surface area (Å²) in [7, 11) is 0.316. The molecule has 0 heterocycles. The van der Waals surface area contributed by atoms with Crippen LogP contribution in [0.4, 0.5) is 26.3 Å². The molecule has 0 bridgehead atoms. The van der Waals surface area contributed by atoms with E-state index in [4.69, 9.17) is 0 Å². The number of hydrogen-bond donors (Lipinski definition) is 0. The van der Waals surface area contributed by atoms with Crippen molar-refractivity contribution in [3.05, 3.63) is 6.10 Å². The lowest BCUT2D eigenvalue weighted by Gasteiger charge is -2.19.